The fourth-order valence-corrected chi connectivity index (χ4v) is 6.69. The average Bonchev–Trinajstić information content (AvgIpc) is 2.32. The molecule has 0 spiro atoms. The van der Waals surface area contributed by atoms with Crippen molar-refractivity contribution in [2.75, 3.05) is 0 Å². The molecule has 120 valence electrons. The lowest BCUT2D eigenvalue weighted by Gasteiger charge is -2.26. The Bertz CT molecular complexity index is 506. The summed E-state index contributed by atoms with van der Waals surface area (Å²) in [7, 11) is -4.02. The second-order valence-electron chi connectivity index (χ2n) is 7.24. The minimum Gasteiger partial charge on any atom is -0.204 e. The van der Waals surface area contributed by atoms with E-state index in [0.29, 0.717) is 6.04 Å². The molecule has 0 aromatic heterocycles. The first-order chi connectivity index (χ1) is 9.38. The molecule has 0 N–H and O–H groups in total. The predicted octanol–water partition coefficient (Wildman–Crippen LogP) is 5.03. The third-order valence-electron chi connectivity index (χ3n) is 3.62. The van der Waals surface area contributed by atoms with Gasteiger partial charge in [0.15, 0.2) is 23.3 Å². The maximum absolute atomic E-state index is 13.9. The topological polar surface area (TPSA) is 0 Å². The molecule has 21 heavy (non-hydrogen) atoms. The number of halogens is 5. The number of hydrogen-bond acceptors (Lipinski definition) is 0. The molecule has 0 saturated heterocycles. The lowest BCUT2D eigenvalue weighted by Crippen LogP contribution is -2.47. The van der Waals surface area contributed by atoms with E-state index in [4.69, 9.17) is 0 Å². The van der Waals surface area contributed by atoms with Gasteiger partial charge in [-0.3, -0.25) is 0 Å². The Balaban J connectivity index is 3.14. The van der Waals surface area contributed by atoms with Crippen LogP contribution in [0, 0.1) is 29.1 Å². The molecule has 1 rings (SSSR count). The van der Waals surface area contributed by atoms with Crippen LogP contribution in [0.25, 0.3) is 0 Å². The van der Waals surface area contributed by atoms with E-state index in [2.05, 4.69) is 19.6 Å². The van der Waals surface area contributed by atoms with E-state index in [9.17, 15) is 22.0 Å². The molecule has 1 aromatic carbocycles. The van der Waals surface area contributed by atoms with Gasteiger partial charge in [0.05, 0.1) is 8.07 Å². The summed E-state index contributed by atoms with van der Waals surface area (Å²) in [6.07, 6.45) is 0.758. The van der Waals surface area contributed by atoms with Crippen molar-refractivity contribution in [3.63, 3.8) is 0 Å². The van der Waals surface area contributed by atoms with E-state index in [1.165, 1.54) is 0 Å². The monoisotopic (exact) mass is 340 g/mol. The van der Waals surface area contributed by atoms with Crippen LogP contribution in [0.4, 0.5) is 22.0 Å². The van der Waals surface area contributed by atoms with Gasteiger partial charge in [0.25, 0.3) is 0 Å². The predicted molar refractivity (Wildman–Crippen MR) is 80.9 cm³/mol. The summed E-state index contributed by atoms with van der Waals surface area (Å²) in [5, 5.41) is -0.575. The van der Waals surface area contributed by atoms with Crippen LogP contribution in [-0.2, 0) is 0 Å². The molecule has 0 nitrogen and oxygen atoms in total. The summed E-state index contributed by atoms with van der Waals surface area (Å²) >= 11 is 0. The molecule has 0 fully saturated rings. The molecule has 1 aromatic rings. The van der Waals surface area contributed by atoms with Gasteiger partial charge in [0.2, 0.25) is 5.82 Å². The zero-order valence-electron chi connectivity index (χ0n) is 13.0. The molecule has 7 heteroatoms. The van der Waals surface area contributed by atoms with Gasteiger partial charge < -0.3 is 0 Å². The molecule has 0 saturated carbocycles. The zero-order valence-corrected chi connectivity index (χ0v) is 15.0. The quantitative estimate of drug-likeness (QED) is 0.305. The molecule has 0 heterocycles. The highest BCUT2D eigenvalue weighted by Crippen LogP contribution is 2.24. The minimum atomic E-state index is -2.73. The Labute approximate surface area is 124 Å². The minimum absolute atomic E-state index is 0.510. The second-order valence-corrected chi connectivity index (χ2v) is 17.6. The fraction of sp³-hybridized carbons (Fsp3) is 0.571. The number of benzene rings is 1. The first-order valence-corrected chi connectivity index (χ1v) is 13.8. The molecule has 0 radical (unpaired) electrons. The van der Waals surface area contributed by atoms with Crippen molar-refractivity contribution < 1.29 is 22.0 Å². The standard InChI is InChI=1S/C14H21F5Si2/c1-20(2,3)7-6-8-21(4,5)14-12(18)10(16)9(15)11(17)13(14)19/h6-8H2,1-5H3. The smallest absolute Gasteiger partial charge is 0.200 e. The third-order valence-corrected chi connectivity index (χ3v) is 8.86. The molecule has 0 amide bonds. The highest BCUT2D eigenvalue weighted by atomic mass is 28.3. The first kappa shape index (κ1) is 18.4. The highest BCUT2D eigenvalue weighted by molar-refractivity contribution is 6.90. The van der Waals surface area contributed by atoms with Crippen molar-refractivity contribution in [2.24, 2.45) is 0 Å². The largest absolute Gasteiger partial charge is 0.204 e. The molecule has 0 aliphatic carbocycles. The van der Waals surface area contributed by atoms with E-state index in [1.807, 2.05) is 0 Å². The van der Waals surface area contributed by atoms with Crippen LogP contribution in [0.3, 0.4) is 0 Å². The van der Waals surface area contributed by atoms with Crippen LogP contribution >= 0.6 is 0 Å². The lowest BCUT2D eigenvalue weighted by atomic mass is 10.3. The third kappa shape index (κ3) is 4.15. The first-order valence-electron chi connectivity index (χ1n) is 6.90. The van der Waals surface area contributed by atoms with Crippen molar-refractivity contribution in [3.05, 3.63) is 29.1 Å². The number of hydrogen-bond donors (Lipinski definition) is 0. The number of rotatable bonds is 5. The Morgan fingerprint density at radius 1 is 0.619 bits per heavy atom. The van der Waals surface area contributed by atoms with E-state index < -0.39 is 50.4 Å². The highest BCUT2D eigenvalue weighted by Gasteiger charge is 2.36. The summed E-state index contributed by atoms with van der Waals surface area (Å²) in [5.74, 6) is -9.07. The Morgan fingerprint density at radius 3 is 1.38 bits per heavy atom. The van der Waals surface area contributed by atoms with Gasteiger partial charge >= 0.3 is 0 Å². The van der Waals surface area contributed by atoms with Crippen molar-refractivity contribution in [2.45, 2.75) is 51.2 Å². The van der Waals surface area contributed by atoms with E-state index in [1.54, 1.807) is 13.1 Å². The zero-order chi connectivity index (χ0) is 16.6. The van der Waals surface area contributed by atoms with Crippen LogP contribution in [0.2, 0.25) is 44.8 Å². The van der Waals surface area contributed by atoms with E-state index in [-0.39, 0.29) is 0 Å². The molecular formula is C14H21F5Si2. The summed E-state index contributed by atoms with van der Waals surface area (Å²) in [5.41, 5.74) is 0. The lowest BCUT2D eigenvalue weighted by molar-refractivity contribution is 0.383. The Kier molecular flexibility index (Phi) is 5.42. The van der Waals surface area contributed by atoms with Crippen molar-refractivity contribution in [1.29, 1.82) is 0 Å². The van der Waals surface area contributed by atoms with Gasteiger partial charge in [-0.05, 0) is 0 Å². The van der Waals surface area contributed by atoms with Crippen LogP contribution in [0.5, 0.6) is 0 Å². The maximum Gasteiger partial charge on any atom is 0.200 e. The molecule has 0 atom stereocenters. The van der Waals surface area contributed by atoms with Gasteiger partial charge in [-0.25, -0.2) is 22.0 Å². The van der Waals surface area contributed by atoms with Crippen LogP contribution < -0.4 is 5.19 Å². The molecule has 0 unspecified atom stereocenters. The van der Waals surface area contributed by atoms with Gasteiger partial charge in [-0.15, -0.1) is 0 Å². The van der Waals surface area contributed by atoms with Crippen molar-refractivity contribution >= 4 is 21.3 Å². The van der Waals surface area contributed by atoms with Gasteiger partial charge in [0.1, 0.15) is 0 Å². The summed E-state index contributed by atoms with van der Waals surface area (Å²) in [6.45, 7) is 9.84. The molecule has 0 aliphatic rings. The molecular weight excluding hydrogens is 319 g/mol. The summed E-state index contributed by atoms with van der Waals surface area (Å²) < 4.78 is 67.5. The van der Waals surface area contributed by atoms with Crippen molar-refractivity contribution in [3.8, 4) is 0 Å². The maximum atomic E-state index is 13.9. The van der Waals surface area contributed by atoms with Crippen LogP contribution in [-0.4, -0.2) is 16.1 Å². The summed E-state index contributed by atoms with van der Waals surface area (Å²) in [4.78, 5) is 0. The molecule has 0 aliphatic heterocycles. The van der Waals surface area contributed by atoms with Gasteiger partial charge in [0, 0.05) is 13.3 Å². The SMILES string of the molecule is C[Si](C)(C)CCC[Si](C)(C)c1c(F)c(F)c(F)c(F)c1F. The van der Waals surface area contributed by atoms with E-state index >= 15 is 0 Å². The normalized spacial score (nSPS) is 12.9. The second kappa shape index (κ2) is 6.20. The summed E-state index contributed by atoms with van der Waals surface area (Å²) in [6, 6.07) is 1.48. The Hall–Kier alpha value is -0.696. The molecule has 0 bridgehead atoms. The van der Waals surface area contributed by atoms with Crippen LogP contribution in [0.1, 0.15) is 6.42 Å². The van der Waals surface area contributed by atoms with E-state index in [0.717, 1.165) is 12.5 Å². The van der Waals surface area contributed by atoms with Gasteiger partial charge in [-0.2, -0.15) is 0 Å². The van der Waals surface area contributed by atoms with Crippen molar-refractivity contribution in [1.82, 2.24) is 0 Å². The Morgan fingerprint density at radius 2 is 1.00 bits per heavy atom. The average molecular weight is 340 g/mol. The fourth-order valence-electron chi connectivity index (χ4n) is 2.38. The van der Waals surface area contributed by atoms with Crippen LogP contribution in [0.15, 0.2) is 0 Å². The van der Waals surface area contributed by atoms with Gasteiger partial charge in [-0.1, -0.05) is 51.2 Å².